The maximum absolute atomic E-state index is 13.5. The molecule has 4 aliphatic rings. The number of aliphatic hydroxyl groups excluding tert-OH is 3. The predicted molar refractivity (Wildman–Crippen MR) is 168 cm³/mol. The average Bonchev–Trinajstić information content (AvgIpc) is 3.45. The van der Waals surface area contributed by atoms with Crippen molar-refractivity contribution in [2.24, 2.45) is 11.8 Å². The molecule has 0 radical (unpaired) electrons. The second-order valence-corrected chi connectivity index (χ2v) is 13.6. The number of aliphatic carboxylic acids is 2. The summed E-state index contributed by atoms with van der Waals surface area (Å²) in [6.07, 6.45) is -14.3. The van der Waals surface area contributed by atoms with Crippen LogP contribution in [0.1, 0.15) is 57.1 Å². The van der Waals surface area contributed by atoms with Gasteiger partial charge >= 0.3 is 35.8 Å². The molecule has 1 saturated carbocycles. The summed E-state index contributed by atoms with van der Waals surface area (Å²) in [6.45, 7) is 2.96. The summed E-state index contributed by atoms with van der Waals surface area (Å²) in [5.41, 5.74) is -0.642. The minimum atomic E-state index is -2.66. The van der Waals surface area contributed by atoms with E-state index in [9.17, 15) is 44.1 Å². The van der Waals surface area contributed by atoms with Crippen molar-refractivity contribution in [3.05, 3.63) is 35.1 Å². The fraction of sp³-hybridized carbons (Fsp3) is 0.588. The lowest BCUT2D eigenvalue weighted by atomic mass is 9.45. The van der Waals surface area contributed by atoms with Gasteiger partial charge in [-0.15, -0.1) is 0 Å². The third kappa shape index (κ3) is 7.01. The summed E-state index contributed by atoms with van der Waals surface area (Å²) >= 11 is 0. The highest BCUT2D eigenvalue weighted by atomic mass is 16.6. The summed E-state index contributed by atoms with van der Waals surface area (Å²) in [5.74, 6) is -8.96. The van der Waals surface area contributed by atoms with Crippen molar-refractivity contribution >= 4 is 35.8 Å². The molecule has 53 heavy (non-hydrogen) atoms. The van der Waals surface area contributed by atoms with Crippen LogP contribution in [0.5, 0.6) is 11.5 Å². The number of aliphatic hydroxyl groups is 5. The molecule has 1 spiro atoms. The lowest BCUT2D eigenvalue weighted by Gasteiger charge is -2.61. The van der Waals surface area contributed by atoms with Crippen LogP contribution in [0.25, 0.3) is 0 Å². The third-order valence-electron chi connectivity index (χ3n) is 10.4. The molecule has 1 unspecified atom stereocenters. The topological polar surface area (TPSA) is 299 Å². The van der Waals surface area contributed by atoms with E-state index in [1.807, 2.05) is 6.07 Å². The number of carbonyl (C=O) groups excluding carboxylic acids is 4. The number of carbonyl (C=O) groups is 6. The van der Waals surface area contributed by atoms with E-state index >= 15 is 0 Å². The van der Waals surface area contributed by atoms with E-state index in [2.05, 4.69) is 11.7 Å². The molecule has 0 aromatic heterocycles. The van der Waals surface area contributed by atoms with Crippen molar-refractivity contribution in [3.63, 3.8) is 0 Å². The maximum Gasteiger partial charge on any atom is 0.348 e. The van der Waals surface area contributed by atoms with E-state index in [0.717, 1.165) is 24.5 Å². The quantitative estimate of drug-likeness (QED) is 0.0615. The standard InChI is InChI=1S/C34H40O19/c1-13-6-8-33-23-15-4-5-17(48-3)26(23)53-27(33)18(7-9-34(33,47)16(13)10-15)50-22(37)12-20(52-32(46)25(39)24(38)29(42)43)31(45)49-14(2)30(44)51-19(28(40)41)11-21(35)36/h4-5,7,13-14,16,19-20,24-25,27,29,38-39,42-43,47H,6,8-12H2,1-3H3,(H,35,36)(H,40,41)/t13?,14-,16-,19+,20-,24+,25+,27-,33-,34+/m0/s1. The van der Waals surface area contributed by atoms with Crippen LogP contribution in [0, 0.1) is 11.8 Å². The Morgan fingerprint density at radius 2 is 1.62 bits per heavy atom. The van der Waals surface area contributed by atoms with Gasteiger partial charge in [-0.2, -0.15) is 0 Å². The van der Waals surface area contributed by atoms with Crippen LogP contribution < -0.4 is 9.47 Å². The van der Waals surface area contributed by atoms with Crippen LogP contribution >= 0.6 is 0 Å². The highest BCUT2D eigenvalue weighted by molar-refractivity contribution is 5.88. The Kier molecular flexibility index (Phi) is 11.1. The SMILES string of the molecule is COc1ccc2c3c1O[C@H]1C(OC(=O)C[C@H](OC(=O)[C@H](O)[C@@H](O)C(O)O)C(=O)O[C@@H](C)C(=O)O[C@H](CC(=O)O)C(=O)O)=CC[C@@]4(O)[C@@H](C2)C(C)CC[C@]314. The largest absolute Gasteiger partial charge is 0.493 e. The van der Waals surface area contributed by atoms with Crippen molar-refractivity contribution in [2.75, 3.05) is 7.11 Å². The number of hydrogen-bond acceptors (Lipinski definition) is 17. The van der Waals surface area contributed by atoms with Crippen molar-refractivity contribution in [2.45, 2.75) is 106 Å². The van der Waals surface area contributed by atoms with Crippen molar-refractivity contribution in [1.29, 1.82) is 0 Å². The van der Waals surface area contributed by atoms with E-state index in [1.54, 1.807) is 6.07 Å². The fourth-order valence-electron chi connectivity index (χ4n) is 7.85. The van der Waals surface area contributed by atoms with Gasteiger partial charge in [0.25, 0.3) is 0 Å². The monoisotopic (exact) mass is 752 g/mol. The van der Waals surface area contributed by atoms with Gasteiger partial charge in [-0.05, 0) is 62.1 Å². The van der Waals surface area contributed by atoms with Gasteiger partial charge < -0.3 is 64.2 Å². The van der Waals surface area contributed by atoms with Gasteiger partial charge in [0.05, 0.1) is 31.0 Å². The van der Waals surface area contributed by atoms with E-state index < -0.39 is 103 Å². The highest BCUT2D eigenvalue weighted by Gasteiger charge is 2.72. The van der Waals surface area contributed by atoms with Gasteiger partial charge in [-0.1, -0.05) is 13.0 Å². The average molecular weight is 753 g/mol. The zero-order chi connectivity index (χ0) is 39.2. The fourth-order valence-corrected chi connectivity index (χ4v) is 7.85. The van der Waals surface area contributed by atoms with E-state index in [-0.39, 0.29) is 24.0 Å². The molecule has 19 nitrogen and oxygen atoms in total. The van der Waals surface area contributed by atoms with Crippen LogP contribution in [-0.2, 0) is 59.6 Å². The lowest BCUT2D eigenvalue weighted by Crippen LogP contribution is -2.69. The number of carboxylic acids is 2. The molecule has 2 bridgehead atoms. The molecule has 5 rings (SSSR count). The van der Waals surface area contributed by atoms with Crippen LogP contribution in [0.15, 0.2) is 24.0 Å². The molecule has 0 amide bonds. The van der Waals surface area contributed by atoms with E-state index in [4.69, 9.17) is 44.1 Å². The first kappa shape index (κ1) is 39.4. The summed E-state index contributed by atoms with van der Waals surface area (Å²) in [5, 5.41) is 68.5. The normalized spacial score (nSPS) is 27.7. The molecule has 290 valence electrons. The molecule has 7 N–H and O–H groups in total. The zero-order valence-electron chi connectivity index (χ0n) is 28.7. The molecular formula is C34H40O19. The number of benzene rings is 1. The summed E-state index contributed by atoms with van der Waals surface area (Å²) < 4.78 is 32.1. The molecule has 3 aliphatic carbocycles. The number of rotatable bonds is 15. The Morgan fingerprint density at radius 1 is 0.943 bits per heavy atom. The van der Waals surface area contributed by atoms with Gasteiger partial charge in [-0.3, -0.25) is 9.59 Å². The Bertz CT molecular complexity index is 1700. The minimum absolute atomic E-state index is 0.0357. The minimum Gasteiger partial charge on any atom is -0.493 e. The number of carboxylic acid groups (broad SMARTS) is 2. The molecule has 1 fully saturated rings. The van der Waals surface area contributed by atoms with Crippen LogP contribution in [0.2, 0.25) is 0 Å². The molecule has 0 saturated heterocycles. The Balaban J connectivity index is 1.38. The first-order chi connectivity index (χ1) is 24.9. The molecule has 10 atom stereocenters. The third-order valence-corrected chi connectivity index (χ3v) is 10.4. The Hall–Kier alpha value is -4.82. The smallest absolute Gasteiger partial charge is 0.348 e. The Labute approximate surface area is 300 Å². The summed E-state index contributed by atoms with van der Waals surface area (Å²) in [7, 11) is 1.46. The Morgan fingerprint density at radius 3 is 2.25 bits per heavy atom. The molecule has 1 aliphatic heterocycles. The first-order valence-corrected chi connectivity index (χ1v) is 16.6. The van der Waals surface area contributed by atoms with Crippen LogP contribution in [-0.4, -0.2) is 127 Å². The van der Waals surface area contributed by atoms with E-state index in [1.165, 1.54) is 13.2 Å². The van der Waals surface area contributed by atoms with Gasteiger partial charge in [0.2, 0.25) is 12.2 Å². The zero-order valence-corrected chi connectivity index (χ0v) is 28.7. The maximum atomic E-state index is 13.5. The molecule has 1 heterocycles. The van der Waals surface area contributed by atoms with Gasteiger partial charge in [0.1, 0.15) is 11.9 Å². The second kappa shape index (κ2) is 14.9. The summed E-state index contributed by atoms with van der Waals surface area (Å²) in [4.78, 5) is 74.1. The molecule has 1 aromatic rings. The molecule has 1 aromatic carbocycles. The number of esters is 4. The van der Waals surface area contributed by atoms with Gasteiger partial charge in [0, 0.05) is 5.56 Å². The number of hydrogen-bond donors (Lipinski definition) is 7. The van der Waals surface area contributed by atoms with Crippen molar-refractivity contribution < 1.29 is 92.9 Å². The van der Waals surface area contributed by atoms with Gasteiger partial charge in [0.15, 0.2) is 36.1 Å². The first-order valence-electron chi connectivity index (χ1n) is 16.6. The van der Waals surface area contributed by atoms with Crippen molar-refractivity contribution in [1.82, 2.24) is 0 Å². The van der Waals surface area contributed by atoms with Crippen LogP contribution in [0.3, 0.4) is 0 Å². The lowest BCUT2D eigenvalue weighted by molar-refractivity contribution is -0.196. The predicted octanol–water partition coefficient (Wildman–Crippen LogP) is -1.40. The van der Waals surface area contributed by atoms with Crippen molar-refractivity contribution in [3.8, 4) is 11.5 Å². The number of methoxy groups -OCH3 is 1. The van der Waals surface area contributed by atoms with Gasteiger partial charge in [-0.25, -0.2) is 19.2 Å². The molecule has 19 heteroatoms. The highest BCUT2D eigenvalue weighted by Crippen LogP contribution is 2.68. The number of ether oxygens (including phenoxy) is 6. The molecular weight excluding hydrogens is 712 g/mol. The van der Waals surface area contributed by atoms with E-state index in [0.29, 0.717) is 24.3 Å². The second-order valence-electron chi connectivity index (χ2n) is 13.6. The van der Waals surface area contributed by atoms with Crippen LogP contribution in [0.4, 0.5) is 0 Å². The summed E-state index contributed by atoms with van der Waals surface area (Å²) in [6, 6.07) is 3.66.